The maximum Gasteiger partial charge on any atom is 0.416 e. The highest BCUT2D eigenvalue weighted by molar-refractivity contribution is 7.80. The SMILES string of the molecule is CCCC1=C(C(=O)OC)[C@@H](c2ccccc2C(F)(F)F)NC(=S)N1. The van der Waals surface area contributed by atoms with E-state index in [9.17, 15) is 18.0 Å². The van der Waals surface area contributed by atoms with Crippen LogP contribution in [0.1, 0.15) is 36.9 Å². The van der Waals surface area contributed by atoms with Crippen molar-refractivity contribution in [3.8, 4) is 0 Å². The largest absolute Gasteiger partial charge is 0.466 e. The molecule has 0 aliphatic carbocycles. The Bertz CT molecular complexity index is 686. The van der Waals surface area contributed by atoms with Crippen LogP contribution in [0.15, 0.2) is 35.5 Å². The zero-order valence-corrected chi connectivity index (χ0v) is 14.0. The summed E-state index contributed by atoms with van der Waals surface area (Å²) in [5.74, 6) is -0.692. The van der Waals surface area contributed by atoms with Crippen LogP contribution < -0.4 is 10.6 Å². The number of rotatable bonds is 4. The fourth-order valence-electron chi connectivity index (χ4n) is 2.66. The predicted molar refractivity (Wildman–Crippen MR) is 87.0 cm³/mol. The lowest BCUT2D eigenvalue weighted by molar-refractivity contribution is -0.139. The Morgan fingerprint density at radius 1 is 1.33 bits per heavy atom. The van der Waals surface area contributed by atoms with Gasteiger partial charge in [0.1, 0.15) is 0 Å². The summed E-state index contributed by atoms with van der Waals surface area (Å²) in [4.78, 5) is 12.2. The van der Waals surface area contributed by atoms with Crippen LogP contribution in [0.2, 0.25) is 0 Å². The van der Waals surface area contributed by atoms with E-state index < -0.39 is 23.8 Å². The summed E-state index contributed by atoms with van der Waals surface area (Å²) >= 11 is 5.10. The van der Waals surface area contributed by atoms with Crippen molar-refractivity contribution in [2.45, 2.75) is 32.0 Å². The van der Waals surface area contributed by atoms with E-state index in [-0.39, 0.29) is 16.2 Å². The molecule has 8 heteroatoms. The fourth-order valence-corrected chi connectivity index (χ4v) is 2.90. The molecule has 0 saturated heterocycles. The Kier molecular flexibility index (Phi) is 5.48. The summed E-state index contributed by atoms with van der Waals surface area (Å²) < 4.78 is 44.8. The summed E-state index contributed by atoms with van der Waals surface area (Å²) in [6.45, 7) is 1.90. The molecule has 0 fully saturated rings. The topological polar surface area (TPSA) is 50.4 Å². The number of thiocarbonyl (C=S) groups is 1. The van der Waals surface area contributed by atoms with Crippen molar-refractivity contribution in [3.63, 3.8) is 0 Å². The summed E-state index contributed by atoms with van der Waals surface area (Å²) in [5, 5.41) is 5.79. The minimum Gasteiger partial charge on any atom is -0.466 e. The lowest BCUT2D eigenvalue weighted by atomic mass is 9.90. The van der Waals surface area contributed by atoms with E-state index in [1.807, 2.05) is 6.92 Å². The number of allylic oxidation sites excluding steroid dienone is 1. The predicted octanol–water partition coefficient (Wildman–Crippen LogP) is 3.45. The average Bonchev–Trinajstić information content (AvgIpc) is 2.53. The maximum atomic E-state index is 13.3. The van der Waals surface area contributed by atoms with Gasteiger partial charge in [-0.1, -0.05) is 31.5 Å². The molecular formula is C16H17F3N2O2S. The van der Waals surface area contributed by atoms with Gasteiger partial charge in [0.05, 0.1) is 24.3 Å². The standard InChI is InChI=1S/C16H17F3N2O2S/c1-3-6-11-12(14(22)23-2)13(21-15(24)20-11)9-7-4-5-8-10(9)16(17,18)19/h4-5,7-8,13H,3,6H2,1-2H3,(H2,20,21,24)/t13-/m1/s1. The maximum absolute atomic E-state index is 13.3. The van der Waals surface area contributed by atoms with Gasteiger partial charge in [-0.2, -0.15) is 13.2 Å². The highest BCUT2D eigenvalue weighted by Gasteiger charge is 2.39. The van der Waals surface area contributed by atoms with E-state index in [4.69, 9.17) is 17.0 Å². The first-order valence-corrected chi connectivity index (χ1v) is 7.75. The van der Waals surface area contributed by atoms with Crippen molar-refractivity contribution in [2.24, 2.45) is 0 Å². The first-order chi connectivity index (χ1) is 11.3. The number of halogens is 3. The molecule has 0 saturated carbocycles. The van der Waals surface area contributed by atoms with E-state index in [1.54, 1.807) is 0 Å². The Morgan fingerprint density at radius 2 is 2.00 bits per heavy atom. The third kappa shape index (κ3) is 3.69. The third-order valence-corrected chi connectivity index (χ3v) is 3.86. The second-order valence-electron chi connectivity index (χ2n) is 5.25. The highest BCUT2D eigenvalue weighted by atomic mass is 32.1. The van der Waals surface area contributed by atoms with Crippen LogP contribution in [-0.2, 0) is 15.7 Å². The lowest BCUT2D eigenvalue weighted by Crippen LogP contribution is -2.46. The van der Waals surface area contributed by atoms with Crippen LogP contribution in [0.3, 0.4) is 0 Å². The first-order valence-electron chi connectivity index (χ1n) is 7.34. The van der Waals surface area contributed by atoms with Crippen LogP contribution in [0.5, 0.6) is 0 Å². The normalized spacial score (nSPS) is 18.0. The molecule has 24 heavy (non-hydrogen) atoms. The zero-order valence-electron chi connectivity index (χ0n) is 13.2. The van der Waals surface area contributed by atoms with Crippen LogP contribution in [0, 0.1) is 0 Å². The summed E-state index contributed by atoms with van der Waals surface area (Å²) in [7, 11) is 1.19. The van der Waals surface area contributed by atoms with Crippen molar-refractivity contribution in [1.82, 2.24) is 10.6 Å². The van der Waals surface area contributed by atoms with Gasteiger partial charge in [0.15, 0.2) is 5.11 Å². The number of alkyl halides is 3. The molecule has 1 aromatic carbocycles. The van der Waals surface area contributed by atoms with Gasteiger partial charge >= 0.3 is 12.1 Å². The van der Waals surface area contributed by atoms with E-state index in [0.717, 1.165) is 6.07 Å². The van der Waals surface area contributed by atoms with Crippen LogP contribution in [0.4, 0.5) is 13.2 Å². The Balaban J connectivity index is 2.64. The monoisotopic (exact) mass is 358 g/mol. The van der Waals surface area contributed by atoms with Crippen LogP contribution >= 0.6 is 12.2 Å². The fraction of sp³-hybridized carbons (Fsp3) is 0.375. The van der Waals surface area contributed by atoms with Crippen LogP contribution in [-0.4, -0.2) is 18.2 Å². The summed E-state index contributed by atoms with van der Waals surface area (Å²) in [6, 6.07) is 4.09. The highest BCUT2D eigenvalue weighted by Crippen LogP contribution is 2.38. The Morgan fingerprint density at radius 3 is 2.58 bits per heavy atom. The minimum atomic E-state index is -4.54. The van der Waals surface area contributed by atoms with Gasteiger partial charge in [0, 0.05) is 5.70 Å². The molecular weight excluding hydrogens is 341 g/mol. The van der Waals surface area contributed by atoms with Crippen molar-refractivity contribution in [3.05, 3.63) is 46.7 Å². The molecule has 1 aliphatic heterocycles. The molecule has 1 aromatic rings. The molecule has 130 valence electrons. The van der Waals surface area contributed by atoms with E-state index >= 15 is 0 Å². The molecule has 2 rings (SSSR count). The first kappa shape index (κ1) is 18.3. The number of carbonyl (C=O) groups excluding carboxylic acids is 1. The average molecular weight is 358 g/mol. The molecule has 0 bridgehead atoms. The molecule has 0 radical (unpaired) electrons. The summed E-state index contributed by atoms with van der Waals surface area (Å²) in [5.41, 5.74) is -0.285. The molecule has 2 N–H and O–H groups in total. The molecule has 1 atom stereocenters. The zero-order chi connectivity index (χ0) is 17.9. The van der Waals surface area contributed by atoms with Gasteiger partial charge in [0.2, 0.25) is 0 Å². The molecule has 0 aromatic heterocycles. The van der Waals surface area contributed by atoms with Gasteiger partial charge in [-0.3, -0.25) is 0 Å². The molecule has 4 nitrogen and oxygen atoms in total. The van der Waals surface area contributed by atoms with Gasteiger partial charge < -0.3 is 15.4 Å². The van der Waals surface area contributed by atoms with Gasteiger partial charge in [-0.05, 0) is 30.3 Å². The number of hydrogen-bond donors (Lipinski definition) is 2. The van der Waals surface area contributed by atoms with E-state index in [1.165, 1.54) is 25.3 Å². The smallest absolute Gasteiger partial charge is 0.416 e. The lowest BCUT2D eigenvalue weighted by Gasteiger charge is -2.32. The quantitative estimate of drug-likeness (QED) is 0.638. The second-order valence-corrected chi connectivity index (χ2v) is 5.66. The Hall–Kier alpha value is -2.09. The number of methoxy groups -OCH3 is 1. The molecule has 1 heterocycles. The molecule has 0 unspecified atom stereocenters. The van der Waals surface area contributed by atoms with Gasteiger partial charge in [-0.15, -0.1) is 0 Å². The summed E-state index contributed by atoms with van der Waals surface area (Å²) in [6.07, 6.45) is -3.38. The number of ether oxygens (including phenoxy) is 1. The van der Waals surface area contributed by atoms with E-state index in [0.29, 0.717) is 18.5 Å². The number of carbonyl (C=O) groups is 1. The number of nitrogens with one attached hydrogen (secondary N) is 2. The molecule has 1 aliphatic rings. The minimum absolute atomic E-state index is 0.0668. The molecule has 0 amide bonds. The van der Waals surface area contributed by atoms with Crippen LogP contribution in [0.25, 0.3) is 0 Å². The van der Waals surface area contributed by atoms with Gasteiger partial charge in [-0.25, -0.2) is 4.79 Å². The number of hydrogen-bond acceptors (Lipinski definition) is 3. The molecule has 0 spiro atoms. The van der Waals surface area contributed by atoms with Gasteiger partial charge in [0.25, 0.3) is 0 Å². The third-order valence-electron chi connectivity index (χ3n) is 3.64. The second kappa shape index (κ2) is 7.21. The van der Waals surface area contributed by atoms with Crippen molar-refractivity contribution in [2.75, 3.05) is 7.11 Å². The van der Waals surface area contributed by atoms with Crippen molar-refractivity contribution < 1.29 is 22.7 Å². The van der Waals surface area contributed by atoms with E-state index in [2.05, 4.69) is 10.6 Å². The van der Waals surface area contributed by atoms with Crippen molar-refractivity contribution >= 4 is 23.3 Å². The Labute approximate surface area is 143 Å². The van der Waals surface area contributed by atoms with Crippen molar-refractivity contribution in [1.29, 1.82) is 0 Å². The number of benzene rings is 1. The number of esters is 1.